The second-order valence-electron chi connectivity index (χ2n) is 9.46. The summed E-state index contributed by atoms with van der Waals surface area (Å²) in [6, 6.07) is 0. The molecule has 6 heteroatoms. The van der Waals surface area contributed by atoms with Crippen molar-refractivity contribution in [2.75, 3.05) is 6.61 Å². The van der Waals surface area contributed by atoms with Crippen LogP contribution in [0.1, 0.15) is 79.1 Å². The normalized spacial score (nSPS) is 33.8. The molecule has 0 aromatic rings. The van der Waals surface area contributed by atoms with Crippen LogP contribution >= 0.6 is 0 Å². The van der Waals surface area contributed by atoms with Crippen molar-refractivity contribution in [1.82, 2.24) is 0 Å². The number of carbonyl (C=O) groups is 2. The monoisotopic (exact) mass is 407 g/mol. The lowest BCUT2D eigenvalue weighted by Gasteiger charge is -2.41. The number of esters is 2. The van der Waals surface area contributed by atoms with E-state index in [0.717, 1.165) is 38.5 Å². The van der Waals surface area contributed by atoms with E-state index in [-0.39, 0.29) is 48.8 Å². The number of nitrogens with zero attached hydrogens (tertiary/aromatic N) is 1. The summed E-state index contributed by atoms with van der Waals surface area (Å²) in [5.74, 6) is 0.685. The minimum atomic E-state index is -0.483. The number of oxime groups is 1. The molecular weight excluding hydrogens is 370 g/mol. The molecule has 0 radical (unpaired) electrons. The average molecular weight is 408 g/mol. The van der Waals surface area contributed by atoms with Crippen molar-refractivity contribution in [3.8, 4) is 0 Å². The quantitative estimate of drug-likeness (QED) is 0.353. The molecule has 5 atom stereocenters. The minimum absolute atomic E-state index is 0.0500. The lowest BCUT2D eigenvalue weighted by molar-refractivity contribution is -0.146. The van der Waals surface area contributed by atoms with Crippen molar-refractivity contribution in [1.29, 1.82) is 0 Å². The van der Waals surface area contributed by atoms with Crippen molar-refractivity contribution < 1.29 is 23.9 Å². The molecule has 1 aliphatic heterocycles. The highest BCUT2D eigenvalue weighted by Crippen LogP contribution is 2.45. The molecule has 0 bridgehead atoms. The first-order valence-corrected chi connectivity index (χ1v) is 11.5. The predicted molar refractivity (Wildman–Crippen MR) is 110 cm³/mol. The Morgan fingerprint density at radius 2 is 1.93 bits per heavy atom. The Kier molecular flexibility index (Phi) is 7.58. The molecule has 0 aromatic carbocycles. The van der Waals surface area contributed by atoms with E-state index < -0.39 is 5.97 Å². The van der Waals surface area contributed by atoms with Crippen LogP contribution in [-0.2, 0) is 23.9 Å². The average Bonchev–Trinajstić information content (AvgIpc) is 3.31. The highest BCUT2D eigenvalue weighted by atomic mass is 16.6. The highest BCUT2D eigenvalue weighted by molar-refractivity contribution is 6.37. The van der Waals surface area contributed by atoms with E-state index in [1.807, 2.05) is 0 Å². The summed E-state index contributed by atoms with van der Waals surface area (Å²) in [7, 11) is 0. The molecule has 0 amide bonds. The van der Waals surface area contributed by atoms with Gasteiger partial charge in [-0.1, -0.05) is 32.3 Å². The van der Waals surface area contributed by atoms with Crippen LogP contribution < -0.4 is 0 Å². The fraction of sp³-hybridized carbons (Fsp3) is 0.870. The van der Waals surface area contributed by atoms with E-state index in [0.29, 0.717) is 17.8 Å². The highest BCUT2D eigenvalue weighted by Gasteiger charge is 2.49. The number of carbonyl (C=O) groups excluding carboxylic acids is 2. The van der Waals surface area contributed by atoms with Crippen LogP contribution in [0.2, 0.25) is 0 Å². The number of ether oxygens (including phenoxy) is 2. The van der Waals surface area contributed by atoms with Crippen LogP contribution in [0.15, 0.2) is 5.16 Å². The largest absolute Gasteiger partial charge is 0.461 e. The van der Waals surface area contributed by atoms with E-state index in [1.165, 1.54) is 6.42 Å². The van der Waals surface area contributed by atoms with Gasteiger partial charge in [-0.15, -0.1) is 0 Å². The van der Waals surface area contributed by atoms with Crippen molar-refractivity contribution >= 4 is 17.7 Å². The Balaban J connectivity index is 1.86. The van der Waals surface area contributed by atoms with Gasteiger partial charge in [-0.05, 0) is 69.1 Å². The lowest BCUT2D eigenvalue weighted by Crippen LogP contribution is -2.42. The van der Waals surface area contributed by atoms with Gasteiger partial charge in [0, 0.05) is 0 Å². The molecule has 3 fully saturated rings. The maximum absolute atomic E-state index is 12.7. The second-order valence-corrected chi connectivity index (χ2v) is 9.46. The Hall–Kier alpha value is -1.59. The molecule has 2 aliphatic carbocycles. The smallest absolute Gasteiger partial charge is 0.356 e. The third-order valence-corrected chi connectivity index (χ3v) is 6.98. The van der Waals surface area contributed by atoms with Crippen molar-refractivity contribution in [2.45, 2.75) is 91.3 Å². The fourth-order valence-corrected chi connectivity index (χ4v) is 5.46. The van der Waals surface area contributed by atoms with Gasteiger partial charge in [0.2, 0.25) is 0 Å². The Bertz CT molecular complexity index is 610. The summed E-state index contributed by atoms with van der Waals surface area (Å²) < 4.78 is 11.1. The summed E-state index contributed by atoms with van der Waals surface area (Å²) in [6.45, 7) is 8.78. The minimum Gasteiger partial charge on any atom is -0.461 e. The van der Waals surface area contributed by atoms with Crippen molar-refractivity contribution in [3.63, 3.8) is 0 Å². The Morgan fingerprint density at radius 3 is 2.59 bits per heavy atom. The van der Waals surface area contributed by atoms with Gasteiger partial charge < -0.3 is 14.3 Å². The Morgan fingerprint density at radius 1 is 1.21 bits per heavy atom. The molecule has 29 heavy (non-hydrogen) atoms. The molecule has 3 rings (SSSR count). The summed E-state index contributed by atoms with van der Waals surface area (Å²) in [5, 5.41) is 4.28. The van der Waals surface area contributed by atoms with Crippen LogP contribution in [0, 0.1) is 29.6 Å². The third-order valence-electron chi connectivity index (χ3n) is 6.98. The fourth-order valence-electron chi connectivity index (χ4n) is 5.46. The first-order valence-electron chi connectivity index (χ1n) is 11.5. The van der Waals surface area contributed by atoms with Crippen molar-refractivity contribution in [2.24, 2.45) is 34.7 Å². The van der Waals surface area contributed by atoms with Gasteiger partial charge in [0.1, 0.15) is 12.2 Å². The summed E-state index contributed by atoms with van der Waals surface area (Å²) in [5.41, 5.74) is 0.232. The molecule has 0 N–H and O–H groups in total. The number of hydrogen-bond acceptors (Lipinski definition) is 6. The van der Waals surface area contributed by atoms with Crippen molar-refractivity contribution in [3.05, 3.63) is 0 Å². The molecule has 0 spiro atoms. The SMILES string of the molecule is CCOC(=O)/C(=N\OC1CCCC1)[C@@H]1CC(=O)O[C@H]1C1CC(C)CCC1C(C)C. The predicted octanol–water partition coefficient (Wildman–Crippen LogP) is 4.50. The summed E-state index contributed by atoms with van der Waals surface area (Å²) in [6.07, 6.45) is 7.41. The molecule has 164 valence electrons. The Labute approximate surface area is 174 Å². The van der Waals surface area contributed by atoms with Crippen LogP contribution in [0.3, 0.4) is 0 Å². The lowest BCUT2D eigenvalue weighted by atomic mass is 9.66. The molecule has 1 heterocycles. The first kappa shape index (κ1) is 22.1. The molecule has 0 aromatic heterocycles. The van der Waals surface area contributed by atoms with Gasteiger partial charge >= 0.3 is 11.9 Å². The van der Waals surface area contributed by atoms with E-state index in [4.69, 9.17) is 14.3 Å². The molecule has 2 saturated carbocycles. The van der Waals surface area contributed by atoms with Crippen LogP contribution in [-0.4, -0.2) is 36.5 Å². The van der Waals surface area contributed by atoms with Gasteiger partial charge in [-0.2, -0.15) is 0 Å². The van der Waals surface area contributed by atoms with Crippen LogP contribution in [0.25, 0.3) is 0 Å². The molecule has 1 saturated heterocycles. The zero-order valence-corrected chi connectivity index (χ0v) is 18.4. The van der Waals surface area contributed by atoms with E-state index in [9.17, 15) is 9.59 Å². The number of cyclic esters (lactones) is 1. The van der Waals surface area contributed by atoms with Crippen LogP contribution in [0.5, 0.6) is 0 Å². The molecule has 3 unspecified atom stereocenters. The number of hydrogen-bond donors (Lipinski definition) is 0. The zero-order valence-electron chi connectivity index (χ0n) is 18.4. The topological polar surface area (TPSA) is 74.2 Å². The van der Waals surface area contributed by atoms with E-state index >= 15 is 0 Å². The van der Waals surface area contributed by atoms with E-state index in [1.54, 1.807) is 6.92 Å². The van der Waals surface area contributed by atoms with Crippen LogP contribution in [0.4, 0.5) is 0 Å². The second kappa shape index (κ2) is 9.94. The van der Waals surface area contributed by atoms with Gasteiger partial charge in [0.15, 0.2) is 5.71 Å². The molecular formula is C23H37NO5. The molecule has 6 nitrogen and oxygen atoms in total. The van der Waals surface area contributed by atoms with Gasteiger partial charge in [-0.3, -0.25) is 4.79 Å². The third kappa shape index (κ3) is 5.32. The summed E-state index contributed by atoms with van der Waals surface area (Å²) >= 11 is 0. The molecule has 3 aliphatic rings. The summed E-state index contributed by atoms with van der Waals surface area (Å²) in [4.78, 5) is 30.8. The first-order chi connectivity index (χ1) is 13.9. The van der Waals surface area contributed by atoms with Gasteiger partial charge in [0.05, 0.1) is 18.9 Å². The van der Waals surface area contributed by atoms with Gasteiger partial charge in [0.25, 0.3) is 0 Å². The zero-order chi connectivity index (χ0) is 21.0. The van der Waals surface area contributed by atoms with Gasteiger partial charge in [-0.25, -0.2) is 4.79 Å². The maximum Gasteiger partial charge on any atom is 0.356 e. The van der Waals surface area contributed by atoms with E-state index in [2.05, 4.69) is 25.9 Å². The number of rotatable bonds is 7. The standard InChI is InChI=1S/C23H37NO5/c1-5-27-23(26)21(24-29-16-8-6-7-9-16)19-13-20(25)28-22(19)18-12-15(4)10-11-17(18)14(2)3/h14-19,22H,5-13H2,1-4H3/b24-21-/t15?,17?,18?,19-,22-/m0/s1. The maximum atomic E-state index is 12.7.